The van der Waals surface area contributed by atoms with E-state index in [1.54, 1.807) is 12.1 Å². The molecule has 0 spiro atoms. The Balaban J connectivity index is 1.63. The highest BCUT2D eigenvalue weighted by atomic mass is 35.5. The summed E-state index contributed by atoms with van der Waals surface area (Å²) in [5, 5.41) is 13.3. The SMILES string of the molecule is O=C(NC1CCC(O)CC1)c1ccccc1OCc1ccc(Cl)cc1. The van der Waals surface area contributed by atoms with Crippen LogP contribution in [0.25, 0.3) is 0 Å². The third-order valence-electron chi connectivity index (χ3n) is 4.47. The number of amides is 1. The number of para-hydroxylation sites is 1. The fraction of sp³-hybridized carbons (Fsp3) is 0.350. The first-order valence-corrected chi connectivity index (χ1v) is 8.95. The molecule has 5 heteroatoms. The molecular weight excluding hydrogens is 338 g/mol. The van der Waals surface area contributed by atoms with Crippen molar-refractivity contribution in [1.82, 2.24) is 5.32 Å². The van der Waals surface area contributed by atoms with Crippen LogP contribution in [0.15, 0.2) is 48.5 Å². The number of nitrogens with one attached hydrogen (secondary N) is 1. The van der Waals surface area contributed by atoms with Gasteiger partial charge in [0.2, 0.25) is 0 Å². The van der Waals surface area contributed by atoms with Crippen LogP contribution in [0.2, 0.25) is 5.02 Å². The summed E-state index contributed by atoms with van der Waals surface area (Å²) < 4.78 is 5.85. The highest BCUT2D eigenvalue weighted by Gasteiger charge is 2.22. The van der Waals surface area contributed by atoms with Crippen molar-refractivity contribution in [2.45, 2.75) is 44.4 Å². The normalized spacial score (nSPS) is 20.1. The van der Waals surface area contributed by atoms with Crippen LogP contribution in [0.1, 0.15) is 41.6 Å². The van der Waals surface area contributed by atoms with Crippen LogP contribution >= 0.6 is 11.6 Å². The highest BCUT2D eigenvalue weighted by Crippen LogP contribution is 2.22. The van der Waals surface area contributed by atoms with Gasteiger partial charge in [0.15, 0.2) is 0 Å². The van der Waals surface area contributed by atoms with Crippen LogP contribution in [0.5, 0.6) is 5.75 Å². The minimum absolute atomic E-state index is 0.111. The molecule has 1 amide bonds. The number of carbonyl (C=O) groups is 1. The molecule has 0 aliphatic heterocycles. The molecule has 2 aromatic rings. The summed E-state index contributed by atoms with van der Waals surface area (Å²) in [6.45, 7) is 0.372. The van der Waals surface area contributed by atoms with Gasteiger partial charge in [-0.2, -0.15) is 0 Å². The number of rotatable bonds is 5. The average molecular weight is 360 g/mol. The zero-order chi connectivity index (χ0) is 17.6. The van der Waals surface area contributed by atoms with Crippen LogP contribution in [-0.2, 0) is 6.61 Å². The summed E-state index contributed by atoms with van der Waals surface area (Å²) in [5.74, 6) is 0.430. The second-order valence-electron chi connectivity index (χ2n) is 6.39. The molecule has 25 heavy (non-hydrogen) atoms. The number of ether oxygens (including phenoxy) is 1. The van der Waals surface area contributed by atoms with E-state index in [4.69, 9.17) is 16.3 Å². The summed E-state index contributed by atoms with van der Waals surface area (Å²) in [6, 6.07) is 14.8. The monoisotopic (exact) mass is 359 g/mol. The summed E-state index contributed by atoms with van der Waals surface area (Å²) in [4.78, 5) is 12.6. The fourth-order valence-electron chi connectivity index (χ4n) is 3.01. The van der Waals surface area contributed by atoms with Gasteiger partial charge in [-0.1, -0.05) is 35.9 Å². The van der Waals surface area contributed by atoms with Gasteiger partial charge in [-0.05, 0) is 55.5 Å². The molecule has 3 rings (SSSR count). The Morgan fingerprint density at radius 1 is 1.08 bits per heavy atom. The molecule has 0 aromatic heterocycles. The number of aliphatic hydroxyl groups excluding tert-OH is 1. The van der Waals surface area contributed by atoms with Crippen molar-refractivity contribution in [3.8, 4) is 5.75 Å². The van der Waals surface area contributed by atoms with E-state index in [2.05, 4.69) is 5.32 Å². The predicted molar refractivity (Wildman–Crippen MR) is 98.0 cm³/mol. The van der Waals surface area contributed by atoms with Gasteiger partial charge >= 0.3 is 0 Å². The average Bonchev–Trinajstić information content (AvgIpc) is 2.63. The Hall–Kier alpha value is -2.04. The Bertz CT molecular complexity index is 709. The molecule has 2 N–H and O–H groups in total. The minimum Gasteiger partial charge on any atom is -0.488 e. The van der Waals surface area contributed by atoms with Gasteiger partial charge in [-0.25, -0.2) is 0 Å². The Morgan fingerprint density at radius 2 is 1.76 bits per heavy atom. The maximum absolute atomic E-state index is 12.6. The maximum atomic E-state index is 12.6. The van der Waals surface area contributed by atoms with Crippen molar-refractivity contribution >= 4 is 17.5 Å². The van der Waals surface area contributed by atoms with Crippen molar-refractivity contribution in [3.63, 3.8) is 0 Å². The van der Waals surface area contributed by atoms with Crippen LogP contribution in [0.4, 0.5) is 0 Å². The van der Waals surface area contributed by atoms with Crippen molar-refractivity contribution in [2.75, 3.05) is 0 Å². The molecule has 1 aliphatic carbocycles. The van der Waals surface area contributed by atoms with Crippen LogP contribution in [0, 0.1) is 0 Å². The van der Waals surface area contributed by atoms with Gasteiger partial charge in [-0.3, -0.25) is 4.79 Å². The van der Waals surface area contributed by atoms with Gasteiger partial charge in [0.1, 0.15) is 12.4 Å². The lowest BCUT2D eigenvalue weighted by atomic mass is 9.93. The summed E-state index contributed by atoms with van der Waals surface area (Å²) >= 11 is 5.89. The van der Waals surface area contributed by atoms with Gasteiger partial charge in [-0.15, -0.1) is 0 Å². The number of hydrogen-bond acceptors (Lipinski definition) is 3. The minimum atomic E-state index is -0.233. The summed E-state index contributed by atoms with van der Waals surface area (Å²) in [5.41, 5.74) is 1.52. The molecule has 0 saturated heterocycles. The van der Waals surface area contributed by atoms with E-state index in [1.807, 2.05) is 36.4 Å². The van der Waals surface area contributed by atoms with E-state index in [0.29, 0.717) is 22.9 Å². The lowest BCUT2D eigenvalue weighted by molar-refractivity contribution is 0.0863. The van der Waals surface area contributed by atoms with Crippen LogP contribution < -0.4 is 10.1 Å². The van der Waals surface area contributed by atoms with Crippen molar-refractivity contribution in [3.05, 3.63) is 64.7 Å². The molecule has 2 aromatic carbocycles. The number of hydrogen-bond donors (Lipinski definition) is 2. The standard InChI is InChI=1S/C20H22ClNO3/c21-15-7-5-14(6-8-15)13-25-19-4-2-1-3-18(19)20(24)22-16-9-11-17(23)12-10-16/h1-8,16-17,23H,9-13H2,(H,22,24). The first-order chi connectivity index (χ1) is 12.1. The molecule has 132 valence electrons. The third kappa shape index (κ3) is 4.97. The Labute approximate surface area is 152 Å². The van der Waals surface area contributed by atoms with E-state index in [0.717, 1.165) is 31.2 Å². The van der Waals surface area contributed by atoms with Crippen molar-refractivity contribution < 1.29 is 14.6 Å². The van der Waals surface area contributed by atoms with E-state index < -0.39 is 0 Å². The van der Waals surface area contributed by atoms with E-state index in [1.165, 1.54) is 0 Å². The first-order valence-electron chi connectivity index (χ1n) is 8.57. The van der Waals surface area contributed by atoms with E-state index in [-0.39, 0.29) is 18.1 Å². The molecular formula is C20H22ClNO3. The highest BCUT2D eigenvalue weighted by molar-refractivity contribution is 6.30. The van der Waals surface area contributed by atoms with Gasteiger partial charge in [0.05, 0.1) is 11.7 Å². The molecule has 1 aliphatic rings. The number of carbonyl (C=O) groups excluding carboxylic acids is 1. The summed E-state index contributed by atoms with van der Waals surface area (Å²) in [7, 11) is 0. The molecule has 0 unspecified atom stereocenters. The molecule has 0 radical (unpaired) electrons. The second-order valence-corrected chi connectivity index (χ2v) is 6.83. The molecule has 1 saturated carbocycles. The zero-order valence-electron chi connectivity index (χ0n) is 14.0. The topological polar surface area (TPSA) is 58.6 Å². The zero-order valence-corrected chi connectivity index (χ0v) is 14.7. The molecule has 4 nitrogen and oxygen atoms in total. The molecule has 1 fully saturated rings. The lowest BCUT2D eigenvalue weighted by Crippen LogP contribution is -2.38. The quantitative estimate of drug-likeness (QED) is 0.849. The fourth-order valence-corrected chi connectivity index (χ4v) is 3.13. The number of benzene rings is 2. The summed E-state index contributed by atoms with van der Waals surface area (Å²) in [6.07, 6.45) is 2.85. The number of halogens is 1. The molecule has 0 bridgehead atoms. The lowest BCUT2D eigenvalue weighted by Gasteiger charge is -2.26. The van der Waals surface area contributed by atoms with Crippen molar-refractivity contribution in [1.29, 1.82) is 0 Å². The first kappa shape index (κ1) is 17.8. The van der Waals surface area contributed by atoms with Gasteiger partial charge < -0.3 is 15.2 Å². The molecule has 0 atom stereocenters. The number of aliphatic hydroxyl groups is 1. The largest absolute Gasteiger partial charge is 0.488 e. The smallest absolute Gasteiger partial charge is 0.255 e. The van der Waals surface area contributed by atoms with E-state index in [9.17, 15) is 9.90 Å². The van der Waals surface area contributed by atoms with Crippen LogP contribution in [-0.4, -0.2) is 23.2 Å². The Kier molecular flexibility index (Phi) is 5.95. The third-order valence-corrected chi connectivity index (χ3v) is 4.72. The van der Waals surface area contributed by atoms with Crippen molar-refractivity contribution in [2.24, 2.45) is 0 Å². The predicted octanol–water partition coefficient (Wildman–Crippen LogP) is 3.95. The van der Waals surface area contributed by atoms with E-state index >= 15 is 0 Å². The van der Waals surface area contributed by atoms with Gasteiger partial charge in [0.25, 0.3) is 5.91 Å². The Morgan fingerprint density at radius 3 is 2.48 bits per heavy atom. The molecule has 0 heterocycles. The van der Waals surface area contributed by atoms with Gasteiger partial charge in [0, 0.05) is 11.1 Å². The van der Waals surface area contributed by atoms with Crippen LogP contribution in [0.3, 0.4) is 0 Å². The second kappa shape index (κ2) is 8.37. The maximum Gasteiger partial charge on any atom is 0.255 e.